The largest absolute Gasteiger partial charge is 0.387 e. The van der Waals surface area contributed by atoms with Gasteiger partial charge in [0.25, 0.3) is 0 Å². The average molecular weight is 239 g/mol. The molecule has 2 aromatic rings. The molecule has 90 valence electrons. The first kappa shape index (κ1) is 11.7. The molecule has 1 unspecified atom stereocenters. The monoisotopic (exact) mass is 239 g/mol. The fourth-order valence-corrected chi connectivity index (χ4v) is 1.40. The molecule has 0 aliphatic heterocycles. The molecule has 4 nitrogen and oxygen atoms in total. The molecule has 2 rings (SSSR count). The van der Waals surface area contributed by atoms with Crippen LogP contribution in [0.2, 0.25) is 0 Å². The minimum Gasteiger partial charge on any atom is -0.387 e. The van der Waals surface area contributed by atoms with Gasteiger partial charge in [-0.2, -0.15) is 0 Å². The summed E-state index contributed by atoms with van der Waals surface area (Å²) in [5, 5.41) is 16.6. The lowest BCUT2D eigenvalue weighted by atomic mass is 10.2. The first-order valence-electron chi connectivity index (χ1n) is 5.05. The Bertz CT molecular complexity index is 552. The molecule has 0 spiro atoms. The second kappa shape index (κ2) is 4.21. The Kier molecular flexibility index (Phi) is 2.89. The number of benzene rings is 1. The Morgan fingerprint density at radius 3 is 2.59 bits per heavy atom. The Morgan fingerprint density at radius 1 is 1.29 bits per heavy atom. The van der Waals surface area contributed by atoms with E-state index in [2.05, 4.69) is 10.3 Å². The van der Waals surface area contributed by atoms with E-state index in [-0.39, 0.29) is 11.3 Å². The quantitative estimate of drug-likeness (QED) is 0.870. The maximum atomic E-state index is 13.6. The molecule has 0 radical (unpaired) electrons. The molecule has 17 heavy (non-hydrogen) atoms. The van der Waals surface area contributed by atoms with Crippen molar-refractivity contribution in [2.75, 3.05) is 0 Å². The van der Waals surface area contributed by atoms with Gasteiger partial charge in [-0.3, -0.25) is 0 Å². The normalized spacial score (nSPS) is 12.8. The molecule has 0 saturated heterocycles. The maximum absolute atomic E-state index is 13.6. The highest BCUT2D eigenvalue weighted by molar-refractivity contribution is 5.36. The van der Waals surface area contributed by atoms with Crippen LogP contribution in [0.5, 0.6) is 0 Å². The van der Waals surface area contributed by atoms with Crippen molar-refractivity contribution in [2.45, 2.75) is 20.0 Å². The van der Waals surface area contributed by atoms with Crippen molar-refractivity contribution in [3.05, 3.63) is 41.2 Å². The van der Waals surface area contributed by atoms with Crippen molar-refractivity contribution in [2.24, 2.45) is 0 Å². The fraction of sp³-hybridized carbons (Fsp3) is 0.273. The van der Waals surface area contributed by atoms with Crippen molar-refractivity contribution in [3.8, 4) is 5.69 Å². The number of rotatable bonds is 2. The molecule has 0 fully saturated rings. The van der Waals surface area contributed by atoms with Crippen LogP contribution in [0, 0.1) is 18.6 Å². The van der Waals surface area contributed by atoms with Crippen LogP contribution in [0.4, 0.5) is 8.78 Å². The second-order valence-electron chi connectivity index (χ2n) is 3.82. The van der Waals surface area contributed by atoms with Gasteiger partial charge in [-0.05, 0) is 25.5 Å². The third-order valence-corrected chi connectivity index (χ3v) is 2.41. The zero-order valence-corrected chi connectivity index (χ0v) is 9.35. The van der Waals surface area contributed by atoms with Crippen molar-refractivity contribution in [1.82, 2.24) is 15.0 Å². The van der Waals surface area contributed by atoms with Crippen molar-refractivity contribution in [3.63, 3.8) is 0 Å². The number of hydrogen-bond acceptors (Lipinski definition) is 3. The van der Waals surface area contributed by atoms with Crippen LogP contribution < -0.4 is 0 Å². The van der Waals surface area contributed by atoms with Crippen LogP contribution in [0.15, 0.2) is 18.3 Å². The molecule has 0 aliphatic carbocycles. The van der Waals surface area contributed by atoms with Gasteiger partial charge in [-0.15, -0.1) is 5.10 Å². The van der Waals surface area contributed by atoms with Gasteiger partial charge in [0.2, 0.25) is 0 Å². The van der Waals surface area contributed by atoms with Crippen LogP contribution in [0.3, 0.4) is 0 Å². The van der Waals surface area contributed by atoms with Gasteiger partial charge in [-0.1, -0.05) is 5.21 Å². The summed E-state index contributed by atoms with van der Waals surface area (Å²) in [7, 11) is 0. The van der Waals surface area contributed by atoms with E-state index in [0.29, 0.717) is 5.69 Å². The summed E-state index contributed by atoms with van der Waals surface area (Å²) in [6.07, 6.45) is 0.555. The smallest absolute Gasteiger partial charge is 0.149 e. The summed E-state index contributed by atoms with van der Waals surface area (Å²) in [6.45, 7) is 2.99. The van der Waals surface area contributed by atoms with Crippen LogP contribution >= 0.6 is 0 Å². The van der Waals surface area contributed by atoms with E-state index in [1.807, 2.05) is 0 Å². The Hall–Kier alpha value is -1.82. The predicted molar refractivity (Wildman–Crippen MR) is 56.6 cm³/mol. The summed E-state index contributed by atoms with van der Waals surface area (Å²) in [5.74, 6) is -1.11. The number of aliphatic hydroxyl groups is 1. The standard InChI is InChI=1S/C11H11F2N3O/c1-6-3-9(13)11(4-8(6)12)16-5-10(7(2)17)14-15-16/h3-5,7,17H,1-2H3. The van der Waals surface area contributed by atoms with Crippen LogP contribution in [0.25, 0.3) is 5.69 Å². The van der Waals surface area contributed by atoms with E-state index in [1.165, 1.54) is 20.0 Å². The fourth-order valence-electron chi connectivity index (χ4n) is 1.40. The Labute approximate surface area is 96.5 Å². The molecular weight excluding hydrogens is 228 g/mol. The first-order valence-corrected chi connectivity index (χ1v) is 5.05. The van der Waals surface area contributed by atoms with E-state index in [9.17, 15) is 13.9 Å². The van der Waals surface area contributed by atoms with Crippen LogP contribution in [-0.4, -0.2) is 20.1 Å². The minimum atomic E-state index is -0.804. The summed E-state index contributed by atoms with van der Waals surface area (Å²) in [6, 6.07) is 2.14. The van der Waals surface area contributed by atoms with Gasteiger partial charge in [0, 0.05) is 6.07 Å². The number of aliphatic hydroxyl groups excluding tert-OH is 1. The molecule has 0 aliphatic rings. The topological polar surface area (TPSA) is 50.9 Å². The number of nitrogens with zero attached hydrogens (tertiary/aromatic N) is 3. The van der Waals surface area contributed by atoms with Gasteiger partial charge in [-0.25, -0.2) is 13.5 Å². The third-order valence-electron chi connectivity index (χ3n) is 2.41. The highest BCUT2D eigenvalue weighted by Crippen LogP contribution is 2.18. The molecule has 1 aromatic heterocycles. The van der Waals surface area contributed by atoms with Crippen LogP contribution in [0.1, 0.15) is 24.3 Å². The van der Waals surface area contributed by atoms with Crippen molar-refractivity contribution < 1.29 is 13.9 Å². The molecule has 1 aromatic carbocycles. The zero-order chi connectivity index (χ0) is 12.6. The number of aryl methyl sites for hydroxylation is 1. The maximum Gasteiger partial charge on any atom is 0.149 e. The number of hydrogen-bond donors (Lipinski definition) is 1. The summed E-state index contributed by atoms with van der Waals surface area (Å²) < 4.78 is 28.0. The van der Waals surface area contributed by atoms with Gasteiger partial charge in [0.1, 0.15) is 23.0 Å². The molecule has 1 N–H and O–H groups in total. The summed E-state index contributed by atoms with van der Waals surface area (Å²) >= 11 is 0. The van der Waals surface area contributed by atoms with Crippen molar-refractivity contribution >= 4 is 0 Å². The first-order chi connectivity index (χ1) is 7.99. The molecular formula is C11H11F2N3O. The third kappa shape index (κ3) is 2.16. The molecule has 0 bridgehead atoms. The van der Waals surface area contributed by atoms with E-state index in [1.54, 1.807) is 0 Å². The minimum absolute atomic E-state index is 0.0347. The van der Waals surface area contributed by atoms with E-state index >= 15 is 0 Å². The average Bonchev–Trinajstić information content (AvgIpc) is 2.72. The number of halogens is 2. The molecule has 0 amide bonds. The number of aromatic nitrogens is 3. The molecule has 1 atom stereocenters. The van der Waals surface area contributed by atoms with Crippen LogP contribution in [-0.2, 0) is 0 Å². The van der Waals surface area contributed by atoms with E-state index in [4.69, 9.17) is 0 Å². The van der Waals surface area contributed by atoms with Crippen molar-refractivity contribution in [1.29, 1.82) is 0 Å². The van der Waals surface area contributed by atoms with Gasteiger partial charge < -0.3 is 5.11 Å². The predicted octanol–water partition coefficient (Wildman–Crippen LogP) is 1.91. The summed E-state index contributed by atoms with van der Waals surface area (Å²) in [4.78, 5) is 0. The summed E-state index contributed by atoms with van der Waals surface area (Å²) in [5.41, 5.74) is 0.486. The lowest BCUT2D eigenvalue weighted by Crippen LogP contribution is -2.01. The van der Waals surface area contributed by atoms with E-state index in [0.717, 1.165) is 16.8 Å². The molecule has 0 saturated carbocycles. The van der Waals surface area contributed by atoms with E-state index < -0.39 is 17.7 Å². The lowest BCUT2D eigenvalue weighted by Gasteiger charge is -2.04. The Balaban J connectivity index is 2.49. The molecule has 1 heterocycles. The second-order valence-corrected chi connectivity index (χ2v) is 3.82. The van der Waals surface area contributed by atoms with Gasteiger partial charge in [0.15, 0.2) is 0 Å². The SMILES string of the molecule is Cc1cc(F)c(-n2cc(C(C)O)nn2)cc1F. The molecule has 6 heteroatoms. The zero-order valence-electron chi connectivity index (χ0n) is 9.35. The Morgan fingerprint density at radius 2 is 2.00 bits per heavy atom. The highest BCUT2D eigenvalue weighted by atomic mass is 19.1. The van der Waals surface area contributed by atoms with Gasteiger partial charge >= 0.3 is 0 Å². The van der Waals surface area contributed by atoms with Gasteiger partial charge in [0.05, 0.1) is 12.3 Å². The highest BCUT2D eigenvalue weighted by Gasteiger charge is 2.12. The lowest BCUT2D eigenvalue weighted by molar-refractivity contribution is 0.194.